The Bertz CT molecular complexity index is 1680. The van der Waals surface area contributed by atoms with E-state index >= 15 is 0 Å². The number of halogens is 1. The molecule has 0 saturated carbocycles. The number of thiazole rings is 1. The van der Waals surface area contributed by atoms with E-state index in [9.17, 15) is 14.0 Å². The number of carbonyl (C=O) groups excluding carboxylic acids is 1. The van der Waals surface area contributed by atoms with Crippen molar-refractivity contribution in [3.8, 4) is 11.5 Å². The summed E-state index contributed by atoms with van der Waals surface area (Å²) in [6, 6.07) is 17.8. The SMILES string of the molecule is COc1cc(C2c3c(oc4ccc(F)cc4c3=O)C(=O)N2c2nccs2)ccc1OCc1ccccc1. The summed E-state index contributed by atoms with van der Waals surface area (Å²) in [7, 11) is 1.52. The van der Waals surface area contributed by atoms with Crippen molar-refractivity contribution >= 4 is 33.3 Å². The fourth-order valence-electron chi connectivity index (χ4n) is 4.50. The van der Waals surface area contributed by atoms with Crippen LogP contribution in [0, 0.1) is 5.82 Å². The van der Waals surface area contributed by atoms with Gasteiger partial charge in [0.05, 0.1) is 24.1 Å². The summed E-state index contributed by atoms with van der Waals surface area (Å²) in [5.74, 6) is -0.217. The van der Waals surface area contributed by atoms with E-state index in [2.05, 4.69) is 4.98 Å². The largest absolute Gasteiger partial charge is 0.493 e. The summed E-state index contributed by atoms with van der Waals surface area (Å²) in [6.45, 7) is 0.341. The third kappa shape index (κ3) is 3.93. The molecule has 2 aromatic heterocycles. The highest BCUT2D eigenvalue weighted by Gasteiger charge is 2.45. The second kappa shape index (κ2) is 9.18. The molecule has 0 N–H and O–H groups in total. The standard InChI is InChI=1S/C28H19FN2O5S/c1-34-22-13-17(7-9-21(22)35-15-16-5-3-2-4-6-16)24-23-25(32)19-14-18(29)8-10-20(19)36-26(23)27(33)31(24)28-30-11-12-37-28/h2-14,24H,15H2,1H3. The quantitative estimate of drug-likeness (QED) is 0.288. The molecule has 0 bridgehead atoms. The molecule has 1 atom stereocenters. The lowest BCUT2D eigenvalue weighted by atomic mass is 9.98. The van der Waals surface area contributed by atoms with E-state index in [1.165, 1.54) is 35.5 Å². The van der Waals surface area contributed by atoms with Crippen LogP contribution in [0.5, 0.6) is 11.5 Å². The van der Waals surface area contributed by atoms with Crippen molar-refractivity contribution < 1.29 is 23.1 Å². The Morgan fingerprint density at radius 1 is 1.05 bits per heavy atom. The lowest BCUT2D eigenvalue weighted by Crippen LogP contribution is -2.29. The van der Waals surface area contributed by atoms with Crippen molar-refractivity contribution in [3.63, 3.8) is 0 Å². The first-order chi connectivity index (χ1) is 18.0. The predicted molar refractivity (Wildman–Crippen MR) is 137 cm³/mol. The van der Waals surface area contributed by atoms with Crippen molar-refractivity contribution in [1.29, 1.82) is 0 Å². The highest BCUT2D eigenvalue weighted by atomic mass is 32.1. The van der Waals surface area contributed by atoms with Gasteiger partial charge in [-0.15, -0.1) is 11.3 Å². The third-order valence-electron chi connectivity index (χ3n) is 6.20. The van der Waals surface area contributed by atoms with Crippen molar-refractivity contribution in [3.05, 3.63) is 117 Å². The molecule has 1 aliphatic heterocycles. The molecule has 9 heteroatoms. The molecule has 6 rings (SSSR count). The van der Waals surface area contributed by atoms with Gasteiger partial charge >= 0.3 is 0 Å². The molecule has 0 radical (unpaired) electrons. The van der Waals surface area contributed by atoms with Gasteiger partial charge in [0.2, 0.25) is 5.76 Å². The van der Waals surface area contributed by atoms with Crippen LogP contribution in [-0.2, 0) is 6.61 Å². The molecule has 0 spiro atoms. The maximum absolute atomic E-state index is 14.0. The van der Waals surface area contributed by atoms with E-state index in [4.69, 9.17) is 13.9 Å². The molecule has 184 valence electrons. The third-order valence-corrected chi connectivity index (χ3v) is 6.97. The van der Waals surface area contributed by atoms with Crippen LogP contribution in [0.3, 0.4) is 0 Å². The maximum atomic E-state index is 14.0. The van der Waals surface area contributed by atoms with Crippen LogP contribution in [0.25, 0.3) is 11.0 Å². The second-order valence-electron chi connectivity index (χ2n) is 8.39. The van der Waals surface area contributed by atoms with Crippen LogP contribution in [0.4, 0.5) is 9.52 Å². The number of rotatable bonds is 6. The summed E-state index contributed by atoms with van der Waals surface area (Å²) in [5.41, 5.74) is 1.38. The van der Waals surface area contributed by atoms with Gasteiger partial charge in [-0.25, -0.2) is 9.37 Å². The van der Waals surface area contributed by atoms with Gasteiger partial charge in [0, 0.05) is 11.6 Å². The lowest BCUT2D eigenvalue weighted by Gasteiger charge is -2.23. The maximum Gasteiger partial charge on any atom is 0.297 e. The zero-order chi connectivity index (χ0) is 25.5. The number of nitrogens with zero attached hydrogens (tertiary/aromatic N) is 2. The van der Waals surface area contributed by atoms with E-state index in [-0.39, 0.29) is 22.3 Å². The molecule has 1 unspecified atom stereocenters. The Balaban J connectivity index is 1.48. The summed E-state index contributed by atoms with van der Waals surface area (Å²) in [4.78, 5) is 32.9. The number of hydrogen-bond acceptors (Lipinski definition) is 7. The fourth-order valence-corrected chi connectivity index (χ4v) is 5.17. The van der Waals surface area contributed by atoms with Gasteiger partial charge in [-0.05, 0) is 41.5 Å². The fraction of sp³-hybridized carbons (Fsp3) is 0.107. The monoisotopic (exact) mass is 514 g/mol. The van der Waals surface area contributed by atoms with Crippen molar-refractivity contribution in [2.45, 2.75) is 12.6 Å². The van der Waals surface area contributed by atoms with Crippen LogP contribution in [0.1, 0.15) is 33.3 Å². The zero-order valence-electron chi connectivity index (χ0n) is 19.5. The molecule has 5 aromatic rings. The summed E-state index contributed by atoms with van der Waals surface area (Å²) < 4.78 is 31.4. The molecular weight excluding hydrogens is 495 g/mol. The normalized spacial score (nSPS) is 14.7. The van der Waals surface area contributed by atoms with E-state index in [0.717, 1.165) is 11.6 Å². The van der Waals surface area contributed by atoms with Crippen LogP contribution < -0.4 is 19.8 Å². The average Bonchev–Trinajstić information content (AvgIpc) is 3.55. The minimum atomic E-state index is -0.852. The Morgan fingerprint density at radius 2 is 1.89 bits per heavy atom. The number of aromatic nitrogens is 1. The molecule has 1 aliphatic rings. The smallest absolute Gasteiger partial charge is 0.297 e. The Kier molecular flexibility index (Phi) is 5.69. The Morgan fingerprint density at radius 3 is 2.65 bits per heavy atom. The van der Waals surface area contributed by atoms with Crippen LogP contribution >= 0.6 is 11.3 Å². The van der Waals surface area contributed by atoms with E-state index in [1.54, 1.807) is 29.8 Å². The number of carbonyl (C=O) groups is 1. The number of amides is 1. The van der Waals surface area contributed by atoms with Crippen LogP contribution in [-0.4, -0.2) is 18.0 Å². The second-order valence-corrected chi connectivity index (χ2v) is 9.26. The highest BCUT2D eigenvalue weighted by molar-refractivity contribution is 7.13. The van der Waals surface area contributed by atoms with Crippen molar-refractivity contribution in [2.75, 3.05) is 12.0 Å². The number of ether oxygens (including phenoxy) is 2. The van der Waals surface area contributed by atoms with Crippen LogP contribution in [0.15, 0.2) is 87.5 Å². The van der Waals surface area contributed by atoms with Crippen LogP contribution in [0.2, 0.25) is 0 Å². The first-order valence-electron chi connectivity index (χ1n) is 11.4. The Hall–Kier alpha value is -4.50. The van der Waals surface area contributed by atoms with Gasteiger partial charge < -0.3 is 13.9 Å². The predicted octanol–water partition coefficient (Wildman–Crippen LogP) is 5.73. The zero-order valence-corrected chi connectivity index (χ0v) is 20.3. The molecule has 7 nitrogen and oxygen atoms in total. The molecule has 1 amide bonds. The van der Waals surface area contributed by atoms with E-state index in [1.807, 2.05) is 30.3 Å². The molecule has 3 heterocycles. The summed E-state index contributed by atoms with van der Waals surface area (Å²) in [6.07, 6.45) is 1.58. The summed E-state index contributed by atoms with van der Waals surface area (Å²) >= 11 is 1.26. The average molecular weight is 515 g/mol. The summed E-state index contributed by atoms with van der Waals surface area (Å²) in [5, 5.41) is 2.21. The minimum absolute atomic E-state index is 0.0623. The van der Waals surface area contributed by atoms with Crippen molar-refractivity contribution in [1.82, 2.24) is 4.98 Å². The number of hydrogen-bond donors (Lipinski definition) is 0. The van der Waals surface area contributed by atoms with Gasteiger partial charge in [-0.3, -0.25) is 14.5 Å². The van der Waals surface area contributed by atoms with E-state index < -0.39 is 23.2 Å². The van der Waals surface area contributed by atoms with Gasteiger partial charge in [0.1, 0.15) is 18.0 Å². The molecule has 37 heavy (non-hydrogen) atoms. The molecule has 0 fully saturated rings. The van der Waals surface area contributed by atoms with Gasteiger partial charge in [0.15, 0.2) is 22.1 Å². The van der Waals surface area contributed by atoms with Gasteiger partial charge in [0.25, 0.3) is 5.91 Å². The molecular formula is C28H19FN2O5S. The minimum Gasteiger partial charge on any atom is -0.493 e. The molecule has 0 saturated heterocycles. The molecule has 0 aliphatic carbocycles. The first kappa shape index (κ1) is 22.9. The van der Waals surface area contributed by atoms with Gasteiger partial charge in [-0.1, -0.05) is 36.4 Å². The number of methoxy groups -OCH3 is 1. The number of fused-ring (bicyclic) bond motifs is 2. The van der Waals surface area contributed by atoms with E-state index in [0.29, 0.717) is 28.8 Å². The number of benzene rings is 3. The first-order valence-corrected chi connectivity index (χ1v) is 12.3. The topological polar surface area (TPSA) is 81.9 Å². The highest BCUT2D eigenvalue weighted by Crippen LogP contribution is 2.43. The molecule has 3 aromatic carbocycles. The van der Waals surface area contributed by atoms with Crippen molar-refractivity contribution in [2.24, 2.45) is 0 Å². The van der Waals surface area contributed by atoms with Gasteiger partial charge in [-0.2, -0.15) is 0 Å². The Labute approximate surface area is 214 Å². The lowest BCUT2D eigenvalue weighted by molar-refractivity contribution is 0.0971. The number of anilines is 1.